The second kappa shape index (κ2) is 25.8. The lowest BCUT2D eigenvalue weighted by Crippen LogP contribution is -2.26. The molecule has 1 unspecified atom stereocenters. The van der Waals surface area contributed by atoms with E-state index in [9.17, 15) is 9.59 Å². The Morgan fingerprint density at radius 3 is 2.14 bits per heavy atom. The number of thioether (sulfide) groups is 1. The van der Waals surface area contributed by atoms with Gasteiger partial charge >= 0.3 is 6.03 Å². The Kier molecular flexibility index (Phi) is 27.4. The lowest BCUT2D eigenvalue weighted by atomic mass is 10.1. The number of aryl methyl sites for hydroxylation is 1. The molecule has 1 aromatic carbocycles. The van der Waals surface area contributed by atoms with Crippen molar-refractivity contribution < 1.29 is 14.3 Å². The van der Waals surface area contributed by atoms with Gasteiger partial charge in [-0.3, -0.25) is 10.1 Å². The monoisotopic (exact) mass is 554 g/mol. The number of carbonyl (C=O) groups is 2. The molecule has 2 N–H and O–H groups in total. The predicted octanol–water partition coefficient (Wildman–Crippen LogP) is 7.66. The molecule has 1 aromatic rings. The van der Waals surface area contributed by atoms with Crippen molar-refractivity contribution in [2.24, 2.45) is 0 Å². The van der Waals surface area contributed by atoms with Crippen LogP contribution in [0.25, 0.3) is 0 Å². The molecule has 1 fully saturated rings. The summed E-state index contributed by atoms with van der Waals surface area (Å²) >= 11 is 12.2. The molecule has 0 radical (unpaired) electrons. The van der Waals surface area contributed by atoms with Gasteiger partial charge in [-0.15, -0.1) is 11.8 Å². The van der Waals surface area contributed by atoms with Crippen molar-refractivity contribution in [3.8, 4) is 17.6 Å². The summed E-state index contributed by atoms with van der Waals surface area (Å²) < 4.78 is 5.09. The number of halogens is 1. The smallest absolute Gasteiger partial charge is 0.322 e. The fourth-order valence-electron chi connectivity index (χ4n) is 2.28. The number of allylic oxidation sites excluding steroid dienone is 3. The lowest BCUT2D eigenvalue weighted by Gasteiger charge is -2.04. The fourth-order valence-corrected chi connectivity index (χ4v) is 3.41. The maximum atomic E-state index is 11.2. The SMILES string of the molecule is CC.CC.CC.CC.CCc1ccc(OC)cc1C=S.O=C1NC(=O)C(C#CC2=CC=C(Cl)CS2)N1. The first-order chi connectivity index (χ1) is 17.5. The molecule has 8 heteroatoms. The molecule has 36 heavy (non-hydrogen) atoms. The van der Waals surface area contributed by atoms with Crippen molar-refractivity contribution >= 4 is 52.9 Å². The van der Waals surface area contributed by atoms with Crippen LogP contribution in [-0.2, 0) is 11.2 Å². The highest BCUT2D eigenvalue weighted by atomic mass is 35.5. The summed E-state index contributed by atoms with van der Waals surface area (Å²) in [6.07, 6.45) is 4.57. The van der Waals surface area contributed by atoms with Gasteiger partial charge in [0.05, 0.1) is 12.0 Å². The number of hydrogen-bond donors (Lipinski definition) is 2. The Labute approximate surface area is 233 Å². The molecule has 2 aliphatic heterocycles. The molecule has 2 heterocycles. The van der Waals surface area contributed by atoms with Crippen molar-refractivity contribution in [2.75, 3.05) is 12.9 Å². The number of rotatable bonds is 3. The molecule has 0 saturated carbocycles. The van der Waals surface area contributed by atoms with Gasteiger partial charge in [-0.1, -0.05) is 104 Å². The van der Waals surface area contributed by atoms with E-state index in [0.717, 1.165) is 27.7 Å². The van der Waals surface area contributed by atoms with E-state index in [-0.39, 0.29) is 0 Å². The van der Waals surface area contributed by atoms with E-state index in [4.69, 9.17) is 28.6 Å². The largest absolute Gasteiger partial charge is 0.497 e. The number of methoxy groups -OCH3 is 1. The number of hydrogen-bond acceptors (Lipinski definition) is 5. The van der Waals surface area contributed by atoms with Crippen LogP contribution in [-0.4, -0.2) is 36.2 Å². The number of ether oxygens (including phenoxy) is 1. The van der Waals surface area contributed by atoms with E-state index in [1.165, 1.54) is 17.3 Å². The summed E-state index contributed by atoms with van der Waals surface area (Å²) in [5.41, 5.74) is 2.36. The number of amides is 3. The fraction of sp³-hybridized carbons (Fsp3) is 0.464. The highest BCUT2D eigenvalue weighted by Gasteiger charge is 2.27. The van der Waals surface area contributed by atoms with E-state index in [0.29, 0.717) is 5.75 Å². The van der Waals surface area contributed by atoms with Crippen molar-refractivity contribution in [3.63, 3.8) is 0 Å². The number of thiocarbonyl (C=S) groups is 1. The third-order valence-electron chi connectivity index (χ3n) is 3.76. The first-order valence-corrected chi connectivity index (χ1v) is 14.2. The highest BCUT2D eigenvalue weighted by Crippen LogP contribution is 2.25. The maximum Gasteiger partial charge on any atom is 0.322 e. The van der Waals surface area contributed by atoms with Gasteiger partial charge in [-0.25, -0.2) is 4.79 Å². The quantitative estimate of drug-likeness (QED) is 0.228. The van der Waals surface area contributed by atoms with Gasteiger partial charge in [-0.2, -0.15) is 0 Å². The molecule has 0 aromatic heterocycles. The maximum absolute atomic E-state index is 11.2. The zero-order valence-corrected chi connectivity index (χ0v) is 25.8. The highest BCUT2D eigenvalue weighted by molar-refractivity contribution is 8.03. The van der Waals surface area contributed by atoms with Crippen LogP contribution in [0.4, 0.5) is 4.79 Å². The zero-order valence-electron chi connectivity index (χ0n) is 23.4. The van der Waals surface area contributed by atoms with Crippen molar-refractivity contribution in [1.82, 2.24) is 10.6 Å². The van der Waals surface area contributed by atoms with E-state index < -0.39 is 18.0 Å². The molecule has 0 spiro atoms. The molecule has 1 atom stereocenters. The van der Waals surface area contributed by atoms with Crippen LogP contribution in [0.15, 0.2) is 40.3 Å². The van der Waals surface area contributed by atoms with Crippen LogP contribution in [0.3, 0.4) is 0 Å². The van der Waals surface area contributed by atoms with Gasteiger partial charge in [0, 0.05) is 16.2 Å². The van der Waals surface area contributed by atoms with Crippen LogP contribution >= 0.6 is 35.6 Å². The van der Waals surface area contributed by atoms with E-state index >= 15 is 0 Å². The van der Waals surface area contributed by atoms with Crippen LogP contribution < -0.4 is 15.4 Å². The normalized spacial score (nSPS) is 14.4. The van der Waals surface area contributed by atoms with E-state index in [1.54, 1.807) is 24.6 Å². The molecule has 2 aliphatic rings. The third kappa shape index (κ3) is 15.7. The van der Waals surface area contributed by atoms with Gasteiger partial charge < -0.3 is 10.1 Å². The van der Waals surface area contributed by atoms with Gasteiger partial charge in [-0.05, 0) is 41.8 Å². The molecule has 0 bridgehead atoms. The second-order valence-corrected chi connectivity index (χ2v) is 7.37. The Bertz CT molecular complexity index is 904. The Morgan fingerprint density at radius 1 is 1.11 bits per heavy atom. The molecule has 0 aliphatic carbocycles. The zero-order chi connectivity index (χ0) is 28.5. The topological polar surface area (TPSA) is 67.4 Å². The van der Waals surface area contributed by atoms with Gasteiger partial charge in [0.1, 0.15) is 5.75 Å². The number of nitrogens with one attached hydrogen (secondary N) is 2. The first kappa shape index (κ1) is 38.3. The molecule has 5 nitrogen and oxygen atoms in total. The third-order valence-corrected chi connectivity index (χ3v) is 5.43. The minimum Gasteiger partial charge on any atom is -0.497 e. The number of carbonyl (C=O) groups excluding carboxylic acids is 2. The Hall–Kier alpha value is -2.27. The molecule has 3 amide bonds. The minimum atomic E-state index is -0.754. The average Bonchev–Trinajstić information content (AvgIpc) is 3.29. The Morgan fingerprint density at radius 2 is 1.72 bits per heavy atom. The Balaban J connectivity index is -0.000000484. The van der Waals surface area contributed by atoms with Crippen LogP contribution in [0.5, 0.6) is 5.75 Å². The van der Waals surface area contributed by atoms with E-state index in [1.807, 2.05) is 67.5 Å². The summed E-state index contributed by atoms with van der Waals surface area (Å²) in [6.45, 7) is 18.1. The minimum absolute atomic E-state index is 0.410. The lowest BCUT2D eigenvalue weighted by molar-refractivity contribution is -0.119. The number of imide groups is 1. The van der Waals surface area contributed by atoms with Crippen molar-refractivity contribution in [2.45, 2.75) is 74.8 Å². The summed E-state index contributed by atoms with van der Waals surface area (Å²) in [7, 11) is 1.66. The number of urea groups is 1. The molecular weight excluding hydrogens is 512 g/mol. The van der Waals surface area contributed by atoms with Gasteiger partial charge in [0.2, 0.25) is 0 Å². The standard InChI is InChI=1S/C10H7ClN2O2S.C10H12OS.4C2H6/c11-6-1-2-7(16-5-6)3-4-8-9(14)13-10(15)12-8;1-3-8-4-5-10(11-2)6-9(8)7-12;4*1-2/h1-2,8H,5H2,(H2,12,13,14,15);4-7H,3H2,1-2H3;4*1-2H3. The summed E-state index contributed by atoms with van der Waals surface area (Å²) in [6, 6.07) is 4.72. The molecule has 202 valence electrons. The number of benzene rings is 1. The summed E-state index contributed by atoms with van der Waals surface area (Å²) in [5, 5.41) is 6.97. The van der Waals surface area contributed by atoms with Crippen LogP contribution in [0, 0.1) is 11.8 Å². The van der Waals surface area contributed by atoms with Gasteiger partial charge in [0.15, 0.2) is 6.04 Å². The molecule has 1 saturated heterocycles. The molecule has 3 rings (SSSR count). The summed E-state index contributed by atoms with van der Waals surface area (Å²) in [5.74, 6) is 6.66. The predicted molar refractivity (Wildman–Crippen MR) is 163 cm³/mol. The average molecular weight is 555 g/mol. The van der Waals surface area contributed by atoms with E-state index in [2.05, 4.69) is 35.5 Å². The molecular formula is C28H43ClN2O3S2. The summed E-state index contributed by atoms with van der Waals surface area (Å²) in [4.78, 5) is 22.8. The first-order valence-electron chi connectivity index (χ1n) is 12.4. The second-order valence-electron chi connectivity index (χ2n) is 5.63. The van der Waals surface area contributed by atoms with Crippen molar-refractivity contribution in [3.05, 3.63) is 51.4 Å². The van der Waals surface area contributed by atoms with Crippen molar-refractivity contribution in [1.29, 1.82) is 0 Å². The van der Waals surface area contributed by atoms with Gasteiger partial charge in [0.25, 0.3) is 5.91 Å². The van der Waals surface area contributed by atoms with Crippen LogP contribution in [0.1, 0.15) is 73.4 Å². The van der Waals surface area contributed by atoms with Crippen LogP contribution in [0.2, 0.25) is 0 Å².